The van der Waals surface area contributed by atoms with Crippen LogP contribution in [0.1, 0.15) is 12.0 Å². The molecule has 4 rings (SSSR count). The molecule has 0 atom stereocenters. The second-order valence-electron chi connectivity index (χ2n) is 7.71. The Balaban J connectivity index is 1.54. The number of carbonyl (C=O) groups is 2. The van der Waals surface area contributed by atoms with Crippen molar-refractivity contribution in [3.8, 4) is 0 Å². The van der Waals surface area contributed by atoms with Crippen LogP contribution < -0.4 is 9.70 Å². The molecule has 2 heterocycles. The van der Waals surface area contributed by atoms with E-state index in [1.165, 1.54) is 16.2 Å². The summed E-state index contributed by atoms with van der Waals surface area (Å²) in [4.78, 5) is 31.2. The molecule has 0 aliphatic carbocycles. The first-order chi connectivity index (χ1) is 15.8. The number of allylic oxidation sites excluding steroid dienone is 1. The molecule has 0 unspecified atom stereocenters. The number of rotatable bonds is 6. The quantitative estimate of drug-likeness (QED) is 0.482. The van der Waals surface area contributed by atoms with Crippen LogP contribution in [0.4, 0.5) is 5.69 Å². The van der Waals surface area contributed by atoms with E-state index in [1.54, 1.807) is 22.8 Å². The Morgan fingerprint density at radius 3 is 2.76 bits per heavy atom. The number of para-hydroxylation sites is 1. The fourth-order valence-corrected chi connectivity index (χ4v) is 6.28. The van der Waals surface area contributed by atoms with Gasteiger partial charge in [0.1, 0.15) is 11.5 Å². The summed E-state index contributed by atoms with van der Waals surface area (Å²) >= 11 is 7.29. The van der Waals surface area contributed by atoms with Gasteiger partial charge in [-0.1, -0.05) is 47.2 Å². The minimum Gasteiger partial charge on any atom is -0.313 e. The van der Waals surface area contributed by atoms with Crippen LogP contribution in [-0.2, 0) is 32.4 Å². The molecule has 10 heteroatoms. The third kappa shape index (κ3) is 5.26. The van der Waals surface area contributed by atoms with Gasteiger partial charge in [0.25, 0.3) is 5.91 Å². The minimum absolute atomic E-state index is 0.351. The maximum atomic E-state index is 12.8. The van der Waals surface area contributed by atoms with Crippen molar-refractivity contribution in [2.24, 2.45) is 4.99 Å². The Hall–Kier alpha value is -2.75. The molecule has 33 heavy (non-hydrogen) atoms. The average molecular weight is 504 g/mol. The van der Waals surface area contributed by atoms with Crippen LogP contribution in [0.25, 0.3) is 10.2 Å². The smallest absolute Gasteiger partial charge is 0.263 e. The molecule has 172 valence electrons. The van der Waals surface area contributed by atoms with Gasteiger partial charge in [-0.25, -0.2) is 8.42 Å². The fourth-order valence-electron chi connectivity index (χ4n) is 3.87. The molecule has 2 aromatic carbocycles. The molecule has 2 amide bonds. The van der Waals surface area contributed by atoms with Crippen molar-refractivity contribution in [1.82, 2.24) is 4.57 Å². The van der Waals surface area contributed by atoms with Crippen LogP contribution in [0.5, 0.6) is 0 Å². The zero-order valence-corrected chi connectivity index (χ0v) is 20.1. The highest BCUT2D eigenvalue weighted by atomic mass is 35.5. The first kappa shape index (κ1) is 23.4. The van der Waals surface area contributed by atoms with Crippen molar-refractivity contribution in [1.29, 1.82) is 0 Å². The number of sulfone groups is 1. The molecule has 0 bridgehead atoms. The van der Waals surface area contributed by atoms with E-state index in [0.29, 0.717) is 22.9 Å². The molecule has 1 aliphatic rings. The Kier molecular flexibility index (Phi) is 6.83. The maximum absolute atomic E-state index is 12.8. The van der Waals surface area contributed by atoms with E-state index in [9.17, 15) is 18.0 Å². The molecular weight excluding hydrogens is 482 g/mol. The number of fused-ring (bicyclic) bond motifs is 2. The standard InChI is InChI=1S/C23H22ClN3O4S2/c1-2-11-27-19-10-9-17(24)13-20(19)32-23(27)25-21(28)14-33(30,31)15-22(29)26-12-5-7-16-6-3-4-8-18(16)26/h2-4,6,8-10,13H,1,5,7,11-12,14-15H2. The lowest BCUT2D eigenvalue weighted by molar-refractivity contribution is -0.116. The monoisotopic (exact) mass is 503 g/mol. The first-order valence-electron chi connectivity index (χ1n) is 10.3. The molecule has 7 nitrogen and oxygen atoms in total. The van der Waals surface area contributed by atoms with Crippen molar-refractivity contribution in [3.63, 3.8) is 0 Å². The van der Waals surface area contributed by atoms with Gasteiger partial charge in [0, 0.05) is 23.8 Å². The summed E-state index contributed by atoms with van der Waals surface area (Å²) in [5, 5.41) is 0.549. The van der Waals surface area contributed by atoms with Crippen LogP contribution in [-0.4, -0.2) is 42.8 Å². The van der Waals surface area contributed by atoms with Crippen molar-refractivity contribution in [2.75, 3.05) is 23.0 Å². The number of halogens is 1. The number of carbonyl (C=O) groups excluding carboxylic acids is 2. The van der Waals surface area contributed by atoms with Gasteiger partial charge >= 0.3 is 0 Å². The van der Waals surface area contributed by atoms with E-state index in [4.69, 9.17) is 11.6 Å². The van der Waals surface area contributed by atoms with Crippen molar-refractivity contribution in [2.45, 2.75) is 19.4 Å². The number of nitrogens with zero attached hydrogens (tertiary/aromatic N) is 3. The second-order valence-corrected chi connectivity index (χ2v) is 11.2. The molecule has 0 radical (unpaired) electrons. The van der Waals surface area contributed by atoms with Crippen LogP contribution in [0.15, 0.2) is 60.1 Å². The maximum Gasteiger partial charge on any atom is 0.263 e. The van der Waals surface area contributed by atoms with Gasteiger partial charge in [0.15, 0.2) is 14.6 Å². The average Bonchev–Trinajstić information content (AvgIpc) is 3.08. The Labute approximate surface area is 200 Å². The van der Waals surface area contributed by atoms with E-state index in [0.717, 1.165) is 34.3 Å². The predicted molar refractivity (Wildman–Crippen MR) is 131 cm³/mol. The number of amides is 2. The highest BCUT2D eigenvalue weighted by Gasteiger charge is 2.28. The molecule has 0 fully saturated rings. The van der Waals surface area contributed by atoms with Crippen molar-refractivity contribution < 1.29 is 18.0 Å². The van der Waals surface area contributed by atoms with Crippen molar-refractivity contribution in [3.05, 3.63) is 70.5 Å². The Morgan fingerprint density at radius 1 is 1.18 bits per heavy atom. The van der Waals surface area contributed by atoms with Crippen LogP contribution in [0.2, 0.25) is 5.02 Å². The lowest BCUT2D eigenvalue weighted by Crippen LogP contribution is -2.40. The van der Waals surface area contributed by atoms with Gasteiger partial charge in [0.2, 0.25) is 5.91 Å². The van der Waals surface area contributed by atoms with Crippen LogP contribution in [0, 0.1) is 0 Å². The number of hydrogen-bond donors (Lipinski definition) is 0. The van der Waals surface area contributed by atoms with Crippen molar-refractivity contribution >= 4 is 60.5 Å². The first-order valence-corrected chi connectivity index (χ1v) is 13.3. The summed E-state index contributed by atoms with van der Waals surface area (Å²) in [6.45, 7) is 4.58. The van der Waals surface area contributed by atoms with E-state index in [-0.39, 0.29) is 0 Å². The third-order valence-electron chi connectivity index (χ3n) is 5.27. The highest BCUT2D eigenvalue weighted by molar-refractivity contribution is 7.92. The summed E-state index contributed by atoms with van der Waals surface area (Å²) in [6.07, 6.45) is 3.27. The number of aromatic nitrogens is 1. The van der Waals surface area contributed by atoms with E-state index in [1.807, 2.05) is 30.3 Å². The largest absolute Gasteiger partial charge is 0.313 e. The van der Waals surface area contributed by atoms with E-state index >= 15 is 0 Å². The summed E-state index contributed by atoms with van der Waals surface area (Å²) in [5.74, 6) is -2.93. The molecule has 0 N–H and O–H groups in total. The molecule has 1 aromatic heterocycles. The normalized spacial score (nSPS) is 14.3. The minimum atomic E-state index is -3.99. The van der Waals surface area contributed by atoms with Gasteiger partial charge in [0.05, 0.1) is 10.2 Å². The summed E-state index contributed by atoms with van der Waals surface area (Å²) in [7, 11) is -3.99. The fraction of sp³-hybridized carbons (Fsp3) is 0.261. The van der Waals surface area contributed by atoms with E-state index < -0.39 is 33.2 Å². The molecular formula is C23H22ClN3O4S2. The highest BCUT2D eigenvalue weighted by Crippen LogP contribution is 2.27. The second kappa shape index (κ2) is 9.62. The summed E-state index contributed by atoms with van der Waals surface area (Å²) < 4.78 is 27.9. The lowest BCUT2D eigenvalue weighted by Gasteiger charge is -2.29. The summed E-state index contributed by atoms with van der Waals surface area (Å²) in [5.41, 5.74) is 2.56. The van der Waals surface area contributed by atoms with E-state index in [2.05, 4.69) is 11.6 Å². The summed E-state index contributed by atoms with van der Waals surface area (Å²) in [6, 6.07) is 12.8. The Bertz CT molecular complexity index is 1420. The third-order valence-corrected chi connectivity index (χ3v) is 7.92. The van der Waals surface area contributed by atoms with Gasteiger partial charge in [-0.3, -0.25) is 9.59 Å². The number of aryl methyl sites for hydroxylation is 1. The topological polar surface area (TPSA) is 88.8 Å². The zero-order chi connectivity index (χ0) is 23.6. The molecule has 0 saturated carbocycles. The Morgan fingerprint density at radius 2 is 1.97 bits per heavy atom. The van der Waals surface area contributed by atoms with Gasteiger partial charge in [-0.2, -0.15) is 4.99 Å². The van der Waals surface area contributed by atoms with Crippen LogP contribution in [0.3, 0.4) is 0 Å². The lowest BCUT2D eigenvalue weighted by atomic mass is 10.0. The SMILES string of the molecule is C=CCn1c(=NC(=O)CS(=O)(=O)CC(=O)N2CCCc3ccccc32)sc2cc(Cl)ccc21. The number of anilines is 1. The van der Waals surface area contributed by atoms with Gasteiger partial charge in [-0.15, -0.1) is 6.58 Å². The molecule has 3 aromatic rings. The number of thiazole rings is 1. The number of benzene rings is 2. The van der Waals surface area contributed by atoms with Gasteiger partial charge < -0.3 is 9.47 Å². The molecule has 0 spiro atoms. The van der Waals surface area contributed by atoms with Gasteiger partial charge in [-0.05, 0) is 42.7 Å². The number of hydrogen-bond acceptors (Lipinski definition) is 5. The predicted octanol–water partition coefficient (Wildman–Crippen LogP) is 3.36. The molecule has 0 saturated heterocycles. The molecule has 1 aliphatic heterocycles. The zero-order valence-electron chi connectivity index (χ0n) is 17.7. The van der Waals surface area contributed by atoms with Crippen LogP contribution >= 0.6 is 22.9 Å².